The van der Waals surface area contributed by atoms with E-state index in [-0.39, 0.29) is 0 Å². The van der Waals surface area contributed by atoms with Crippen molar-refractivity contribution in [3.63, 3.8) is 0 Å². The largest absolute Gasteiger partial charge is 0.343 e. The Labute approximate surface area is 127 Å². The van der Waals surface area contributed by atoms with Crippen LogP contribution in [-0.4, -0.2) is 27.1 Å². The monoisotopic (exact) mass is 298 g/mol. The molecule has 2 heterocycles. The molecule has 0 aliphatic carbocycles. The Hall–Kier alpha value is -0.580. The average molecular weight is 299 g/mol. The predicted molar refractivity (Wildman–Crippen MR) is 83.7 cm³/mol. The number of aromatic nitrogens is 2. The lowest BCUT2D eigenvalue weighted by atomic mass is 10.00. The Morgan fingerprint density at radius 3 is 2.70 bits per heavy atom. The quantitative estimate of drug-likeness (QED) is 0.842. The van der Waals surface area contributed by atoms with Gasteiger partial charge in [-0.25, -0.2) is 15.4 Å². The summed E-state index contributed by atoms with van der Waals surface area (Å²) < 4.78 is 0. The summed E-state index contributed by atoms with van der Waals surface area (Å²) in [5.74, 6) is 1.01. The predicted octanol–water partition coefficient (Wildman–Crippen LogP) is 3.67. The van der Waals surface area contributed by atoms with E-state index in [4.69, 9.17) is 11.6 Å². The lowest BCUT2D eigenvalue weighted by molar-refractivity contribution is 0.0431. The maximum absolute atomic E-state index is 6.21. The molecule has 1 aliphatic rings. The van der Waals surface area contributed by atoms with Gasteiger partial charge in [-0.2, -0.15) is 0 Å². The van der Waals surface area contributed by atoms with E-state index in [1.807, 2.05) is 0 Å². The minimum Gasteiger partial charge on any atom is -0.343 e. The van der Waals surface area contributed by atoms with E-state index in [1.165, 1.54) is 25.7 Å². The highest BCUT2D eigenvalue weighted by atomic mass is 35.5. The zero-order valence-corrected chi connectivity index (χ0v) is 13.6. The van der Waals surface area contributed by atoms with E-state index in [0.29, 0.717) is 17.2 Å². The number of nitrogens with zero attached hydrogens (tertiary/aromatic N) is 2. The Balaban J connectivity index is 1.91. The van der Waals surface area contributed by atoms with Gasteiger partial charge in [0, 0.05) is 18.5 Å². The SMILES string of the molecule is CCCCc1nc(Cl)c(CNN2C(C)CCCC2C)[nH]1. The molecule has 1 aliphatic heterocycles. The topological polar surface area (TPSA) is 44.0 Å². The van der Waals surface area contributed by atoms with Crippen LogP contribution < -0.4 is 5.43 Å². The first-order chi connectivity index (χ1) is 9.61. The van der Waals surface area contributed by atoms with Gasteiger partial charge in [-0.05, 0) is 33.1 Å². The van der Waals surface area contributed by atoms with Crippen LogP contribution in [0.15, 0.2) is 0 Å². The summed E-state index contributed by atoms with van der Waals surface area (Å²) in [4.78, 5) is 7.75. The summed E-state index contributed by atoms with van der Waals surface area (Å²) in [7, 11) is 0. The fourth-order valence-electron chi connectivity index (χ4n) is 2.92. The zero-order valence-electron chi connectivity index (χ0n) is 12.9. The van der Waals surface area contributed by atoms with Crippen molar-refractivity contribution in [3.05, 3.63) is 16.7 Å². The van der Waals surface area contributed by atoms with Gasteiger partial charge in [0.2, 0.25) is 0 Å². The fourth-order valence-corrected chi connectivity index (χ4v) is 3.14. The van der Waals surface area contributed by atoms with Crippen LogP contribution in [0, 0.1) is 0 Å². The van der Waals surface area contributed by atoms with Gasteiger partial charge in [-0.3, -0.25) is 0 Å². The standard InChI is InChI=1S/C15H27ClN4/c1-4-5-9-14-18-13(15(16)19-14)10-17-20-11(2)7-6-8-12(20)3/h11-12,17H,4-10H2,1-3H3,(H,18,19). The molecule has 0 saturated carbocycles. The van der Waals surface area contributed by atoms with Gasteiger partial charge in [0.25, 0.3) is 0 Å². The highest BCUT2D eigenvalue weighted by molar-refractivity contribution is 6.30. The highest BCUT2D eigenvalue weighted by Crippen LogP contribution is 2.21. The molecule has 0 amide bonds. The third-order valence-corrected chi connectivity index (χ3v) is 4.49. The van der Waals surface area contributed by atoms with Gasteiger partial charge in [0.1, 0.15) is 5.82 Å². The normalized spacial score (nSPS) is 24.2. The molecule has 5 heteroatoms. The van der Waals surface area contributed by atoms with Crippen LogP contribution in [-0.2, 0) is 13.0 Å². The number of hydrazine groups is 1. The molecule has 2 unspecified atom stereocenters. The number of hydrogen-bond donors (Lipinski definition) is 2. The Morgan fingerprint density at radius 1 is 1.35 bits per heavy atom. The molecule has 1 saturated heterocycles. The number of imidazole rings is 1. The second-order valence-corrected chi connectivity index (χ2v) is 6.29. The summed E-state index contributed by atoms with van der Waals surface area (Å²) in [6, 6.07) is 1.17. The van der Waals surface area contributed by atoms with Gasteiger partial charge >= 0.3 is 0 Å². The first-order valence-corrected chi connectivity index (χ1v) is 8.24. The number of hydrogen-bond acceptors (Lipinski definition) is 3. The number of H-pyrrole nitrogens is 1. The number of aromatic amines is 1. The van der Waals surface area contributed by atoms with Crippen LogP contribution in [0.3, 0.4) is 0 Å². The van der Waals surface area contributed by atoms with Crippen LogP contribution in [0.4, 0.5) is 0 Å². The molecule has 0 spiro atoms. The van der Waals surface area contributed by atoms with Gasteiger partial charge in [0.05, 0.1) is 12.2 Å². The molecule has 0 radical (unpaired) electrons. The lowest BCUT2D eigenvalue weighted by Gasteiger charge is -2.39. The maximum atomic E-state index is 6.21. The molecule has 0 aromatic carbocycles. The van der Waals surface area contributed by atoms with E-state index in [9.17, 15) is 0 Å². The number of aryl methyl sites for hydroxylation is 1. The lowest BCUT2D eigenvalue weighted by Crippen LogP contribution is -2.51. The minimum absolute atomic E-state index is 0.583. The molecule has 2 rings (SSSR count). The van der Waals surface area contributed by atoms with Crippen molar-refractivity contribution >= 4 is 11.6 Å². The second kappa shape index (κ2) is 7.43. The molecule has 0 bridgehead atoms. The number of unbranched alkanes of at least 4 members (excludes halogenated alkanes) is 1. The highest BCUT2D eigenvalue weighted by Gasteiger charge is 2.24. The van der Waals surface area contributed by atoms with Crippen molar-refractivity contribution in [1.82, 2.24) is 20.4 Å². The minimum atomic E-state index is 0.583. The summed E-state index contributed by atoms with van der Waals surface area (Å²) >= 11 is 6.21. The van der Waals surface area contributed by atoms with Gasteiger partial charge < -0.3 is 4.98 Å². The Bertz CT molecular complexity index is 408. The third-order valence-electron chi connectivity index (χ3n) is 4.18. The van der Waals surface area contributed by atoms with Gasteiger partial charge in [0.15, 0.2) is 5.15 Å². The van der Waals surface area contributed by atoms with Crippen LogP contribution in [0.1, 0.15) is 64.4 Å². The summed E-state index contributed by atoms with van der Waals surface area (Å²) in [5.41, 5.74) is 4.53. The first-order valence-electron chi connectivity index (χ1n) is 7.87. The van der Waals surface area contributed by atoms with E-state index >= 15 is 0 Å². The second-order valence-electron chi connectivity index (χ2n) is 5.93. The Morgan fingerprint density at radius 2 is 2.05 bits per heavy atom. The van der Waals surface area contributed by atoms with Crippen LogP contribution in [0.5, 0.6) is 0 Å². The number of piperidine rings is 1. The Kier molecular flexibility index (Phi) is 5.87. The number of nitrogens with one attached hydrogen (secondary N) is 2. The van der Waals surface area contributed by atoms with Crippen LogP contribution in [0.2, 0.25) is 5.15 Å². The summed E-state index contributed by atoms with van der Waals surface area (Å²) in [6.45, 7) is 7.48. The fraction of sp³-hybridized carbons (Fsp3) is 0.800. The zero-order chi connectivity index (χ0) is 14.5. The third kappa shape index (κ3) is 3.96. The van der Waals surface area contributed by atoms with Gasteiger partial charge in [-0.15, -0.1) is 0 Å². The van der Waals surface area contributed by atoms with E-state index in [0.717, 1.165) is 30.9 Å². The molecular weight excluding hydrogens is 272 g/mol. The van der Waals surface area contributed by atoms with Crippen molar-refractivity contribution in [1.29, 1.82) is 0 Å². The van der Waals surface area contributed by atoms with E-state index < -0.39 is 0 Å². The van der Waals surface area contributed by atoms with Crippen molar-refractivity contribution in [2.24, 2.45) is 0 Å². The van der Waals surface area contributed by atoms with Crippen LogP contribution >= 0.6 is 11.6 Å². The van der Waals surface area contributed by atoms with Crippen molar-refractivity contribution in [2.75, 3.05) is 0 Å². The maximum Gasteiger partial charge on any atom is 0.151 e. The van der Waals surface area contributed by atoms with Crippen molar-refractivity contribution < 1.29 is 0 Å². The molecule has 2 N–H and O–H groups in total. The van der Waals surface area contributed by atoms with Crippen molar-refractivity contribution in [2.45, 2.75) is 77.9 Å². The van der Waals surface area contributed by atoms with Crippen molar-refractivity contribution in [3.8, 4) is 0 Å². The molecule has 1 aromatic heterocycles. The summed E-state index contributed by atoms with van der Waals surface area (Å²) in [5, 5.41) is 2.98. The molecule has 1 fully saturated rings. The molecule has 114 valence electrons. The summed E-state index contributed by atoms with van der Waals surface area (Å²) in [6.07, 6.45) is 7.15. The molecular formula is C15H27ClN4. The molecule has 1 aromatic rings. The smallest absolute Gasteiger partial charge is 0.151 e. The number of rotatable bonds is 6. The first kappa shape index (κ1) is 15.8. The van der Waals surface area contributed by atoms with Crippen LogP contribution in [0.25, 0.3) is 0 Å². The molecule has 4 nitrogen and oxygen atoms in total. The number of halogens is 1. The average Bonchev–Trinajstić information content (AvgIpc) is 2.76. The van der Waals surface area contributed by atoms with E-state index in [2.05, 4.69) is 41.2 Å². The molecule has 2 atom stereocenters. The van der Waals surface area contributed by atoms with Gasteiger partial charge in [-0.1, -0.05) is 31.4 Å². The van der Waals surface area contributed by atoms with E-state index in [1.54, 1.807) is 0 Å². The molecule has 20 heavy (non-hydrogen) atoms.